The number of ether oxygens (including phenoxy) is 1. The molecule has 0 radical (unpaired) electrons. The molecule has 0 bridgehead atoms. The van der Waals surface area contributed by atoms with Gasteiger partial charge in [0.25, 0.3) is 0 Å². The molecule has 2 N–H and O–H groups in total. The van der Waals surface area contributed by atoms with E-state index in [1.165, 1.54) is 12.8 Å². The molecule has 0 aromatic heterocycles. The Morgan fingerprint density at radius 2 is 2.46 bits per heavy atom. The van der Waals surface area contributed by atoms with Crippen molar-refractivity contribution in [3.05, 3.63) is 0 Å². The summed E-state index contributed by atoms with van der Waals surface area (Å²) >= 11 is 0. The standard InChI is InChI=1S/C10H21NO2/c1-9(6-12)7-13-8-10-3-2-4-11-5-10/h9-12H,2-8H2,1H3. The van der Waals surface area contributed by atoms with Gasteiger partial charge in [-0.2, -0.15) is 0 Å². The van der Waals surface area contributed by atoms with E-state index in [4.69, 9.17) is 9.84 Å². The van der Waals surface area contributed by atoms with Crippen LogP contribution in [0.2, 0.25) is 0 Å². The average molecular weight is 187 g/mol. The second-order valence-corrected chi connectivity index (χ2v) is 4.04. The lowest BCUT2D eigenvalue weighted by Crippen LogP contribution is -2.32. The van der Waals surface area contributed by atoms with Gasteiger partial charge in [-0.15, -0.1) is 0 Å². The van der Waals surface area contributed by atoms with Gasteiger partial charge in [-0.05, 0) is 25.3 Å². The Bertz CT molecular complexity index is 124. The summed E-state index contributed by atoms with van der Waals surface area (Å²) in [7, 11) is 0. The van der Waals surface area contributed by atoms with E-state index >= 15 is 0 Å². The molecule has 1 aliphatic rings. The minimum Gasteiger partial charge on any atom is -0.396 e. The molecule has 1 saturated heterocycles. The van der Waals surface area contributed by atoms with E-state index in [-0.39, 0.29) is 12.5 Å². The van der Waals surface area contributed by atoms with Crippen molar-refractivity contribution in [2.75, 3.05) is 32.9 Å². The number of aliphatic hydroxyl groups excluding tert-OH is 1. The normalized spacial score (nSPS) is 25.8. The minimum atomic E-state index is 0.225. The number of hydrogen-bond donors (Lipinski definition) is 2. The van der Waals surface area contributed by atoms with Crippen LogP contribution in [0.1, 0.15) is 19.8 Å². The summed E-state index contributed by atoms with van der Waals surface area (Å²) in [6.45, 7) is 6.00. The topological polar surface area (TPSA) is 41.5 Å². The molecule has 3 heteroatoms. The molecule has 2 unspecified atom stereocenters. The van der Waals surface area contributed by atoms with Crippen molar-refractivity contribution in [1.29, 1.82) is 0 Å². The maximum absolute atomic E-state index is 8.78. The van der Waals surface area contributed by atoms with Gasteiger partial charge in [0, 0.05) is 19.1 Å². The Hall–Kier alpha value is -0.120. The quantitative estimate of drug-likeness (QED) is 0.663. The van der Waals surface area contributed by atoms with Gasteiger partial charge in [-0.25, -0.2) is 0 Å². The van der Waals surface area contributed by atoms with Crippen LogP contribution in [-0.4, -0.2) is 38.0 Å². The number of piperidine rings is 1. The van der Waals surface area contributed by atoms with Crippen LogP contribution in [0.4, 0.5) is 0 Å². The lowest BCUT2D eigenvalue weighted by molar-refractivity contribution is 0.0517. The van der Waals surface area contributed by atoms with Crippen LogP contribution >= 0.6 is 0 Å². The average Bonchev–Trinajstić information content (AvgIpc) is 2.19. The number of hydrogen-bond acceptors (Lipinski definition) is 3. The third kappa shape index (κ3) is 4.60. The van der Waals surface area contributed by atoms with Crippen LogP contribution in [0, 0.1) is 11.8 Å². The first-order valence-corrected chi connectivity index (χ1v) is 5.22. The maximum atomic E-state index is 8.78. The summed E-state index contributed by atoms with van der Waals surface area (Å²) in [5.41, 5.74) is 0. The van der Waals surface area contributed by atoms with Gasteiger partial charge in [0.1, 0.15) is 0 Å². The van der Waals surface area contributed by atoms with Gasteiger partial charge in [-0.3, -0.25) is 0 Å². The third-order valence-corrected chi connectivity index (χ3v) is 2.47. The predicted molar refractivity (Wildman–Crippen MR) is 52.7 cm³/mol. The van der Waals surface area contributed by atoms with E-state index in [1.807, 2.05) is 6.92 Å². The predicted octanol–water partition coefficient (Wildman–Crippen LogP) is 0.631. The summed E-state index contributed by atoms with van der Waals surface area (Å²) in [4.78, 5) is 0. The first kappa shape index (κ1) is 11.0. The molecule has 1 heterocycles. The van der Waals surface area contributed by atoms with Crippen molar-refractivity contribution in [2.24, 2.45) is 11.8 Å². The molecule has 0 spiro atoms. The highest BCUT2D eigenvalue weighted by Gasteiger charge is 2.13. The highest BCUT2D eigenvalue weighted by atomic mass is 16.5. The molecule has 0 aromatic rings. The molecule has 13 heavy (non-hydrogen) atoms. The molecular weight excluding hydrogens is 166 g/mol. The molecule has 0 aliphatic carbocycles. The zero-order chi connectivity index (χ0) is 9.52. The van der Waals surface area contributed by atoms with Gasteiger partial charge >= 0.3 is 0 Å². The zero-order valence-electron chi connectivity index (χ0n) is 8.46. The van der Waals surface area contributed by atoms with Crippen LogP contribution in [0.25, 0.3) is 0 Å². The third-order valence-electron chi connectivity index (χ3n) is 2.47. The first-order chi connectivity index (χ1) is 6.33. The second-order valence-electron chi connectivity index (χ2n) is 4.04. The summed E-state index contributed by atoms with van der Waals surface area (Å²) in [6, 6.07) is 0. The number of aliphatic hydroxyl groups is 1. The van der Waals surface area contributed by atoms with E-state index in [1.54, 1.807) is 0 Å². The lowest BCUT2D eigenvalue weighted by Gasteiger charge is -2.23. The van der Waals surface area contributed by atoms with Crippen LogP contribution in [0.15, 0.2) is 0 Å². The Morgan fingerprint density at radius 1 is 1.62 bits per heavy atom. The molecule has 1 fully saturated rings. The smallest absolute Gasteiger partial charge is 0.0513 e. The van der Waals surface area contributed by atoms with Gasteiger partial charge < -0.3 is 15.2 Å². The Morgan fingerprint density at radius 3 is 3.08 bits per heavy atom. The Kier molecular flexibility index (Phi) is 5.35. The van der Waals surface area contributed by atoms with Crippen LogP contribution < -0.4 is 5.32 Å². The monoisotopic (exact) mass is 187 g/mol. The van der Waals surface area contributed by atoms with E-state index < -0.39 is 0 Å². The number of nitrogens with one attached hydrogen (secondary N) is 1. The Labute approximate surface area is 80.5 Å². The summed E-state index contributed by atoms with van der Waals surface area (Å²) in [5, 5.41) is 12.1. The van der Waals surface area contributed by atoms with E-state index in [9.17, 15) is 0 Å². The van der Waals surface area contributed by atoms with Crippen molar-refractivity contribution in [1.82, 2.24) is 5.32 Å². The van der Waals surface area contributed by atoms with Crippen molar-refractivity contribution in [3.63, 3.8) is 0 Å². The highest BCUT2D eigenvalue weighted by molar-refractivity contribution is 4.68. The molecule has 2 atom stereocenters. The molecule has 0 saturated carbocycles. The Balaban J connectivity index is 1.98. The van der Waals surface area contributed by atoms with Crippen molar-refractivity contribution in [2.45, 2.75) is 19.8 Å². The molecule has 0 aromatic carbocycles. The van der Waals surface area contributed by atoms with Gasteiger partial charge in [0.05, 0.1) is 13.2 Å². The fourth-order valence-electron chi connectivity index (χ4n) is 1.55. The van der Waals surface area contributed by atoms with Gasteiger partial charge in [0.15, 0.2) is 0 Å². The van der Waals surface area contributed by atoms with Gasteiger partial charge in [0.2, 0.25) is 0 Å². The highest BCUT2D eigenvalue weighted by Crippen LogP contribution is 2.10. The molecule has 78 valence electrons. The SMILES string of the molecule is CC(CO)COCC1CCCNC1. The summed E-state index contributed by atoms with van der Waals surface area (Å²) in [5.74, 6) is 0.955. The second kappa shape index (κ2) is 6.35. The minimum absolute atomic E-state index is 0.225. The molecule has 3 nitrogen and oxygen atoms in total. The fraction of sp³-hybridized carbons (Fsp3) is 1.00. The maximum Gasteiger partial charge on any atom is 0.0513 e. The van der Waals surface area contributed by atoms with Gasteiger partial charge in [-0.1, -0.05) is 6.92 Å². The molecular formula is C10H21NO2. The largest absolute Gasteiger partial charge is 0.396 e. The van der Waals surface area contributed by atoms with Crippen molar-refractivity contribution >= 4 is 0 Å². The molecule has 0 amide bonds. The zero-order valence-corrected chi connectivity index (χ0v) is 8.46. The summed E-state index contributed by atoms with van der Waals surface area (Å²) < 4.78 is 5.53. The van der Waals surface area contributed by atoms with Crippen LogP contribution in [-0.2, 0) is 4.74 Å². The summed E-state index contributed by atoms with van der Waals surface area (Å²) in [6.07, 6.45) is 2.55. The first-order valence-electron chi connectivity index (χ1n) is 5.22. The van der Waals surface area contributed by atoms with Crippen LogP contribution in [0.3, 0.4) is 0 Å². The fourth-order valence-corrected chi connectivity index (χ4v) is 1.55. The molecule has 1 aliphatic heterocycles. The van der Waals surface area contributed by atoms with Crippen LogP contribution in [0.5, 0.6) is 0 Å². The van der Waals surface area contributed by atoms with E-state index in [0.717, 1.165) is 19.7 Å². The lowest BCUT2D eigenvalue weighted by atomic mass is 10.0. The van der Waals surface area contributed by atoms with E-state index in [2.05, 4.69) is 5.32 Å². The number of rotatable bonds is 5. The van der Waals surface area contributed by atoms with E-state index in [0.29, 0.717) is 12.5 Å². The molecule has 1 rings (SSSR count). The van der Waals surface area contributed by atoms with Crippen molar-refractivity contribution in [3.8, 4) is 0 Å². The van der Waals surface area contributed by atoms with Crippen molar-refractivity contribution < 1.29 is 9.84 Å².